The molecule has 174 valence electrons. The van der Waals surface area contributed by atoms with Crippen molar-refractivity contribution in [3.05, 3.63) is 34.2 Å². The predicted molar refractivity (Wildman–Crippen MR) is 129 cm³/mol. The van der Waals surface area contributed by atoms with Crippen LogP contribution < -0.4 is 5.32 Å². The normalized spacial score (nSPS) is 39.1. The second-order valence-corrected chi connectivity index (χ2v) is 12.8. The Bertz CT molecular complexity index is 951. The van der Waals surface area contributed by atoms with E-state index in [4.69, 9.17) is 0 Å². The first-order valence-electron chi connectivity index (χ1n) is 12.4. The lowest BCUT2D eigenvalue weighted by atomic mass is 9.49. The minimum absolute atomic E-state index is 0.0782. The van der Waals surface area contributed by atoms with Crippen LogP contribution in [0.5, 0.6) is 0 Å². The van der Waals surface area contributed by atoms with E-state index in [1.54, 1.807) is 11.3 Å². The third kappa shape index (κ3) is 3.13. The van der Waals surface area contributed by atoms with Crippen molar-refractivity contribution < 1.29 is 9.59 Å². The molecule has 32 heavy (non-hydrogen) atoms. The Labute approximate surface area is 196 Å². The van der Waals surface area contributed by atoms with Crippen molar-refractivity contribution in [1.82, 2.24) is 10.2 Å². The van der Waals surface area contributed by atoms with Gasteiger partial charge in [0.2, 0.25) is 11.8 Å². The average molecular weight is 455 g/mol. The number of thiophene rings is 1. The minimum Gasteiger partial charge on any atom is -0.346 e. The molecule has 1 aromatic rings. The van der Waals surface area contributed by atoms with Crippen LogP contribution in [0.1, 0.15) is 77.5 Å². The summed E-state index contributed by atoms with van der Waals surface area (Å²) >= 11 is 1.71. The fraction of sp³-hybridized carbons (Fsp3) is 0.704. The number of nitrogens with one attached hydrogen (secondary N) is 1. The summed E-state index contributed by atoms with van der Waals surface area (Å²) in [6.07, 6.45) is 9.53. The number of fused-ring (bicyclic) bond motifs is 5. The highest BCUT2D eigenvalue weighted by Crippen LogP contribution is 2.66. The molecule has 0 aromatic carbocycles. The summed E-state index contributed by atoms with van der Waals surface area (Å²) in [6.45, 7) is 9.06. The number of carbonyl (C=O) groups is 2. The Hall–Kier alpha value is -1.62. The SMILES string of the molecule is CN1C(=O)CC[C@@]2(C)C1=CC[C@H]1[C@@H]3CC[C@H](C(=O)NC(C)(C)c4cccs4)[C@@]3(C)CC[C@@H]12. The number of amides is 2. The predicted octanol–water partition coefficient (Wildman–Crippen LogP) is 5.70. The summed E-state index contributed by atoms with van der Waals surface area (Å²) in [5, 5.41) is 5.49. The minimum atomic E-state index is -0.327. The molecule has 0 spiro atoms. The maximum atomic E-state index is 13.6. The van der Waals surface area contributed by atoms with E-state index in [1.807, 2.05) is 11.9 Å². The zero-order chi connectivity index (χ0) is 22.9. The second-order valence-electron chi connectivity index (χ2n) is 11.8. The first-order valence-corrected chi connectivity index (χ1v) is 13.3. The molecule has 6 atom stereocenters. The number of rotatable bonds is 3. The highest BCUT2D eigenvalue weighted by Gasteiger charge is 2.60. The first kappa shape index (κ1) is 22.2. The molecule has 4 aliphatic rings. The lowest BCUT2D eigenvalue weighted by molar-refractivity contribution is -0.139. The monoisotopic (exact) mass is 454 g/mol. The molecule has 3 aliphatic carbocycles. The van der Waals surface area contributed by atoms with Gasteiger partial charge in [0.1, 0.15) is 0 Å². The van der Waals surface area contributed by atoms with E-state index in [9.17, 15) is 9.59 Å². The van der Waals surface area contributed by atoms with Crippen LogP contribution >= 0.6 is 11.3 Å². The summed E-state index contributed by atoms with van der Waals surface area (Å²) in [6, 6.07) is 4.18. The van der Waals surface area contributed by atoms with Gasteiger partial charge in [-0.2, -0.15) is 0 Å². The number of carbonyl (C=O) groups excluding carboxylic acids is 2. The number of piperidine rings is 1. The molecule has 5 rings (SSSR count). The Balaban J connectivity index is 1.38. The van der Waals surface area contributed by atoms with Gasteiger partial charge in [-0.25, -0.2) is 0 Å². The van der Waals surface area contributed by atoms with Gasteiger partial charge in [-0.1, -0.05) is 26.0 Å². The first-order chi connectivity index (χ1) is 15.1. The van der Waals surface area contributed by atoms with Crippen LogP contribution in [-0.2, 0) is 15.1 Å². The van der Waals surface area contributed by atoms with E-state index in [2.05, 4.69) is 56.6 Å². The van der Waals surface area contributed by atoms with Gasteiger partial charge in [-0.3, -0.25) is 9.59 Å². The zero-order valence-electron chi connectivity index (χ0n) is 20.2. The Kier molecular flexibility index (Phi) is 5.16. The van der Waals surface area contributed by atoms with Gasteiger partial charge in [-0.15, -0.1) is 11.3 Å². The van der Waals surface area contributed by atoms with Gasteiger partial charge in [0, 0.05) is 35.4 Å². The van der Waals surface area contributed by atoms with Crippen LogP contribution in [0.4, 0.5) is 0 Å². The van der Waals surface area contributed by atoms with Crippen LogP contribution in [0.3, 0.4) is 0 Å². The standard InChI is InChI=1S/C27H38N2O2S/c1-25(2,22-7-6-16-32-22)28-24(31)20-10-9-18-17-8-11-21-27(4,15-13-23(30)29(21)5)19(17)12-14-26(18,20)3/h6-7,11,16-20H,8-10,12-15H2,1-5H3,(H,28,31)/t17-,18-,19-,20+,26-,27+/m0/s1. The average Bonchev–Trinajstić information content (AvgIpc) is 3.39. The van der Waals surface area contributed by atoms with Crippen molar-refractivity contribution in [2.45, 2.75) is 78.2 Å². The van der Waals surface area contributed by atoms with Gasteiger partial charge in [0.15, 0.2) is 0 Å². The summed E-state index contributed by atoms with van der Waals surface area (Å²) in [4.78, 5) is 29.1. The Morgan fingerprint density at radius 3 is 2.69 bits per heavy atom. The molecule has 5 heteroatoms. The maximum absolute atomic E-state index is 13.6. The molecule has 2 saturated carbocycles. The molecule has 2 amide bonds. The zero-order valence-corrected chi connectivity index (χ0v) is 21.1. The van der Waals surface area contributed by atoms with Gasteiger partial charge in [-0.05, 0) is 87.0 Å². The van der Waals surface area contributed by atoms with Gasteiger partial charge in [0.05, 0.1) is 5.54 Å². The fourth-order valence-electron chi connectivity index (χ4n) is 8.10. The van der Waals surface area contributed by atoms with E-state index in [-0.39, 0.29) is 34.1 Å². The number of hydrogen-bond acceptors (Lipinski definition) is 3. The largest absolute Gasteiger partial charge is 0.346 e. The second kappa shape index (κ2) is 7.44. The highest BCUT2D eigenvalue weighted by molar-refractivity contribution is 7.10. The fourth-order valence-corrected chi connectivity index (χ4v) is 8.91. The molecule has 1 aromatic heterocycles. The molecule has 0 radical (unpaired) electrons. The van der Waals surface area contributed by atoms with Crippen molar-refractivity contribution in [2.75, 3.05) is 7.05 Å². The van der Waals surface area contributed by atoms with Gasteiger partial charge in [0.25, 0.3) is 0 Å². The van der Waals surface area contributed by atoms with Crippen molar-refractivity contribution >= 4 is 23.2 Å². The van der Waals surface area contributed by atoms with E-state index >= 15 is 0 Å². The molecule has 0 unspecified atom stereocenters. The van der Waals surface area contributed by atoms with Gasteiger partial charge < -0.3 is 10.2 Å². The molecule has 1 aliphatic heterocycles. The van der Waals surface area contributed by atoms with E-state index in [0.717, 1.165) is 32.1 Å². The van der Waals surface area contributed by atoms with Crippen LogP contribution in [0, 0.1) is 34.5 Å². The molecule has 3 fully saturated rings. The number of allylic oxidation sites excluding steroid dienone is 2. The quantitative estimate of drug-likeness (QED) is 0.636. The highest BCUT2D eigenvalue weighted by atomic mass is 32.1. The van der Waals surface area contributed by atoms with Crippen molar-refractivity contribution in [3.8, 4) is 0 Å². The van der Waals surface area contributed by atoms with Crippen LogP contribution in [0.2, 0.25) is 0 Å². The summed E-state index contributed by atoms with van der Waals surface area (Å²) in [7, 11) is 1.96. The van der Waals surface area contributed by atoms with Crippen molar-refractivity contribution in [3.63, 3.8) is 0 Å². The Morgan fingerprint density at radius 2 is 1.97 bits per heavy atom. The van der Waals surface area contributed by atoms with E-state index in [0.29, 0.717) is 24.2 Å². The molecular formula is C27H38N2O2S. The summed E-state index contributed by atoms with van der Waals surface area (Å²) in [5.41, 5.74) is 1.12. The smallest absolute Gasteiger partial charge is 0.226 e. The third-order valence-electron chi connectivity index (χ3n) is 9.91. The lowest BCUT2D eigenvalue weighted by Gasteiger charge is -2.58. The van der Waals surface area contributed by atoms with Crippen molar-refractivity contribution in [1.29, 1.82) is 0 Å². The molecule has 1 saturated heterocycles. The molecule has 2 heterocycles. The Morgan fingerprint density at radius 1 is 1.19 bits per heavy atom. The van der Waals surface area contributed by atoms with Crippen LogP contribution in [0.15, 0.2) is 29.3 Å². The van der Waals surface area contributed by atoms with Crippen LogP contribution in [-0.4, -0.2) is 23.8 Å². The topological polar surface area (TPSA) is 49.4 Å². The molecular weight excluding hydrogens is 416 g/mol. The number of nitrogens with zero attached hydrogens (tertiary/aromatic N) is 1. The van der Waals surface area contributed by atoms with Crippen LogP contribution in [0.25, 0.3) is 0 Å². The summed E-state index contributed by atoms with van der Waals surface area (Å²) < 4.78 is 0. The molecule has 1 N–H and O–H groups in total. The third-order valence-corrected chi connectivity index (χ3v) is 11.1. The maximum Gasteiger partial charge on any atom is 0.226 e. The molecule has 4 nitrogen and oxygen atoms in total. The number of likely N-dealkylation sites (tertiary alicyclic amines) is 1. The summed E-state index contributed by atoms with van der Waals surface area (Å²) in [5.74, 6) is 2.46. The van der Waals surface area contributed by atoms with Gasteiger partial charge >= 0.3 is 0 Å². The van der Waals surface area contributed by atoms with E-state index < -0.39 is 0 Å². The van der Waals surface area contributed by atoms with Crippen molar-refractivity contribution in [2.24, 2.45) is 34.5 Å². The number of hydrogen-bond donors (Lipinski definition) is 1. The lowest BCUT2D eigenvalue weighted by Crippen LogP contribution is -2.55. The molecule has 0 bridgehead atoms. The van der Waals surface area contributed by atoms with E-state index in [1.165, 1.54) is 17.0 Å².